The Morgan fingerprint density at radius 1 is 1.05 bits per heavy atom. The van der Waals surface area contributed by atoms with Crippen LogP contribution in [0, 0.1) is 6.92 Å². The number of methoxy groups -OCH3 is 2. The van der Waals surface area contributed by atoms with E-state index in [1.54, 1.807) is 50.8 Å². The van der Waals surface area contributed by atoms with Crippen molar-refractivity contribution < 1.29 is 18.8 Å². The first kappa shape index (κ1) is 28.9. The summed E-state index contributed by atoms with van der Waals surface area (Å²) in [6, 6.07) is 9.64. The summed E-state index contributed by atoms with van der Waals surface area (Å²) in [5.41, 5.74) is 4.39. The van der Waals surface area contributed by atoms with E-state index in [1.165, 1.54) is 0 Å². The molecule has 5 rings (SSSR count). The number of ether oxygens (including phenoxy) is 3. The number of hydrogen-bond acceptors (Lipinski definition) is 10. The first-order valence-corrected chi connectivity index (χ1v) is 16.4. The zero-order valence-corrected chi connectivity index (χ0v) is 26.1. The Labute approximate surface area is 247 Å². The van der Waals surface area contributed by atoms with Gasteiger partial charge in [0, 0.05) is 36.3 Å². The molecule has 0 atom stereocenters. The first-order chi connectivity index (χ1) is 19.7. The maximum atomic E-state index is 13.3. The van der Waals surface area contributed by atoms with Gasteiger partial charge >= 0.3 is 0 Å². The topological polar surface area (TPSA) is 116 Å². The molecule has 41 heavy (non-hydrogen) atoms. The fourth-order valence-electron chi connectivity index (χ4n) is 4.71. The third-order valence-corrected chi connectivity index (χ3v) is 8.80. The van der Waals surface area contributed by atoms with Gasteiger partial charge in [0.25, 0.3) is 0 Å². The Kier molecular flexibility index (Phi) is 8.53. The molecule has 0 radical (unpaired) electrons. The van der Waals surface area contributed by atoms with Gasteiger partial charge in [-0.05, 0) is 66.0 Å². The molecule has 1 saturated heterocycles. The molecule has 2 N–H and O–H groups in total. The van der Waals surface area contributed by atoms with E-state index < -0.39 is 7.14 Å². The number of nitrogens with zero attached hydrogens (tertiary/aromatic N) is 5. The van der Waals surface area contributed by atoms with Crippen LogP contribution in [0.15, 0.2) is 53.4 Å². The second-order valence-electron chi connectivity index (χ2n) is 9.96. The molecule has 1 aliphatic rings. The molecular weight excluding hydrogens is 609 g/mol. The molecule has 0 spiro atoms. The van der Waals surface area contributed by atoms with Gasteiger partial charge in [0.05, 0.1) is 61.4 Å². The standard InChI is InChI=1S/C28H33BrN7O4P/c1-18-12-19(13-24(39-3)26(18)35-8-10-40-11-9-35)32-28-30-16-22(29)27(34-28)33-23-7-6-20(14-25(23)41(4,5)37)36-17-21(38-2)15-31-36/h6-7,12-17H,8-11H2,1-5H3,(H2,30,32,33,34). The van der Waals surface area contributed by atoms with Gasteiger partial charge in [-0.2, -0.15) is 10.1 Å². The summed E-state index contributed by atoms with van der Waals surface area (Å²) in [6.45, 7) is 8.55. The minimum atomic E-state index is -2.69. The lowest BCUT2D eigenvalue weighted by Crippen LogP contribution is -2.36. The van der Waals surface area contributed by atoms with Crippen molar-refractivity contribution in [2.75, 3.05) is 69.4 Å². The zero-order chi connectivity index (χ0) is 29.1. The highest BCUT2D eigenvalue weighted by Gasteiger charge is 2.21. The second-order valence-corrected chi connectivity index (χ2v) is 14.0. The van der Waals surface area contributed by atoms with Gasteiger partial charge in [0.15, 0.2) is 5.75 Å². The minimum absolute atomic E-state index is 0.397. The van der Waals surface area contributed by atoms with E-state index >= 15 is 0 Å². The lowest BCUT2D eigenvalue weighted by atomic mass is 10.1. The molecule has 0 amide bonds. The van der Waals surface area contributed by atoms with Crippen molar-refractivity contribution in [3.8, 4) is 17.2 Å². The van der Waals surface area contributed by atoms with Crippen LogP contribution < -0.4 is 30.3 Å². The molecule has 0 aliphatic carbocycles. The minimum Gasteiger partial charge on any atom is -0.494 e. The number of halogens is 1. The van der Waals surface area contributed by atoms with Crippen LogP contribution in [0.4, 0.5) is 28.8 Å². The Morgan fingerprint density at radius 2 is 1.83 bits per heavy atom. The van der Waals surface area contributed by atoms with E-state index in [1.807, 2.05) is 24.3 Å². The summed E-state index contributed by atoms with van der Waals surface area (Å²) in [7, 11) is 0.575. The Morgan fingerprint density at radius 3 is 2.51 bits per heavy atom. The summed E-state index contributed by atoms with van der Waals surface area (Å²) in [6.07, 6.45) is 5.07. The van der Waals surface area contributed by atoms with Crippen LogP contribution in [0.2, 0.25) is 0 Å². The molecule has 3 heterocycles. The highest BCUT2D eigenvalue weighted by atomic mass is 79.9. The quantitative estimate of drug-likeness (QED) is 0.233. The molecule has 11 nitrogen and oxygen atoms in total. The fourth-order valence-corrected chi connectivity index (χ4v) is 6.15. The van der Waals surface area contributed by atoms with E-state index in [9.17, 15) is 4.57 Å². The number of rotatable bonds is 9. The second kappa shape index (κ2) is 12.1. The highest BCUT2D eigenvalue weighted by molar-refractivity contribution is 9.10. The third kappa shape index (κ3) is 6.50. The van der Waals surface area contributed by atoms with E-state index in [0.29, 0.717) is 46.2 Å². The van der Waals surface area contributed by atoms with Crippen molar-refractivity contribution in [1.29, 1.82) is 0 Å². The van der Waals surface area contributed by atoms with E-state index in [-0.39, 0.29) is 0 Å². The van der Waals surface area contributed by atoms with Crippen molar-refractivity contribution in [2.45, 2.75) is 6.92 Å². The number of morpholine rings is 1. The van der Waals surface area contributed by atoms with E-state index in [2.05, 4.69) is 54.5 Å². The fraction of sp³-hybridized carbons (Fsp3) is 0.321. The van der Waals surface area contributed by atoms with Gasteiger partial charge in [-0.1, -0.05) is 0 Å². The Hall–Kier alpha value is -3.60. The normalized spacial score (nSPS) is 13.7. The van der Waals surface area contributed by atoms with Crippen LogP contribution in [0.1, 0.15) is 5.56 Å². The van der Waals surface area contributed by atoms with Crippen molar-refractivity contribution in [3.63, 3.8) is 0 Å². The highest BCUT2D eigenvalue weighted by Crippen LogP contribution is 2.40. The summed E-state index contributed by atoms with van der Waals surface area (Å²) in [5, 5.41) is 11.7. The average molecular weight is 642 g/mol. The van der Waals surface area contributed by atoms with Gasteiger partial charge < -0.3 is 34.3 Å². The van der Waals surface area contributed by atoms with Crippen LogP contribution in [0.25, 0.3) is 5.69 Å². The van der Waals surface area contributed by atoms with Gasteiger partial charge in [-0.3, -0.25) is 0 Å². The van der Waals surface area contributed by atoms with Crippen molar-refractivity contribution in [1.82, 2.24) is 19.7 Å². The molecule has 2 aromatic carbocycles. The number of nitrogens with one attached hydrogen (secondary N) is 2. The molecule has 216 valence electrons. The molecule has 4 aromatic rings. The predicted octanol–water partition coefficient (Wildman–Crippen LogP) is 5.32. The summed E-state index contributed by atoms with van der Waals surface area (Å²) >= 11 is 3.55. The SMILES string of the molecule is COc1cnn(-c2ccc(Nc3nc(Nc4cc(C)c(N5CCOCC5)c(OC)c4)ncc3Br)c(P(C)(C)=O)c2)c1. The molecule has 13 heteroatoms. The van der Waals surface area contributed by atoms with Gasteiger partial charge in [0.2, 0.25) is 5.95 Å². The molecule has 0 bridgehead atoms. The van der Waals surface area contributed by atoms with E-state index in [4.69, 9.17) is 19.2 Å². The Balaban J connectivity index is 1.42. The monoisotopic (exact) mass is 641 g/mol. The molecular formula is C28H33BrN7O4P. The molecule has 1 fully saturated rings. The summed E-state index contributed by atoms with van der Waals surface area (Å²) < 4.78 is 32.2. The summed E-state index contributed by atoms with van der Waals surface area (Å²) in [4.78, 5) is 11.4. The zero-order valence-electron chi connectivity index (χ0n) is 23.6. The number of aryl methyl sites for hydroxylation is 1. The van der Waals surface area contributed by atoms with Crippen molar-refractivity contribution >= 4 is 57.2 Å². The molecule has 1 aliphatic heterocycles. The number of anilines is 5. The summed E-state index contributed by atoms with van der Waals surface area (Å²) in [5.74, 6) is 2.33. The number of benzene rings is 2. The first-order valence-electron chi connectivity index (χ1n) is 13.0. The van der Waals surface area contributed by atoms with Crippen molar-refractivity contribution in [3.05, 3.63) is 59.0 Å². The molecule has 0 saturated carbocycles. The largest absolute Gasteiger partial charge is 0.494 e. The Bertz CT molecular complexity index is 1600. The van der Waals surface area contributed by atoms with Gasteiger partial charge in [0.1, 0.15) is 18.7 Å². The maximum absolute atomic E-state index is 13.3. The number of aromatic nitrogens is 4. The predicted molar refractivity (Wildman–Crippen MR) is 166 cm³/mol. The van der Waals surface area contributed by atoms with Crippen molar-refractivity contribution in [2.24, 2.45) is 0 Å². The third-order valence-electron chi connectivity index (χ3n) is 6.69. The maximum Gasteiger partial charge on any atom is 0.229 e. The lowest BCUT2D eigenvalue weighted by molar-refractivity contribution is 0.122. The van der Waals surface area contributed by atoms with Gasteiger partial charge in [-0.15, -0.1) is 0 Å². The lowest BCUT2D eigenvalue weighted by Gasteiger charge is -2.31. The van der Waals surface area contributed by atoms with Crippen LogP contribution in [-0.2, 0) is 9.30 Å². The van der Waals surface area contributed by atoms with Crippen LogP contribution in [-0.4, -0.2) is 73.6 Å². The molecule has 0 unspecified atom stereocenters. The van der Waals surface area contributed by atoms with Crippen LogP contribution in [0.3, 0.4) is 0 Å². The van der Waals surface area contributed by atoms with E-state index in [0.717, 1.165) is 41.5 Å². The average Bonchev–Trinajstić information content (AvgIpc) is 3.44. The van der Waals surface area contributed by atoms with Gasteiger partial charge in [-0.25, -0.2) is 9.67 Å². The van der Waals surface area contributed by atoms with Crippen LogP contribution >= 0.6 is 23.1 Å². The smallest absolute Gasteiger partial charge is 0.229 e. The molecule has 2 aromatic heterocycles. The number of hydrogen-bond donors (Lipinski definition) is 2. The van der Waals surface area contributed by atoms with Crippen LogP contribution in [0.5, 0.6) is 11.5 Å².